The molecule has 1 aromatic carbocycles. The molecule has 4 aromatic rings. The molecule has 0 N–H and O–H groups in total. The predicted octanol–water partition coefficient (Wildman–Crippen LogP) is 4.34. The van der Waals surface area contributed by atoms with Crippen LogP contribution < -0.4 is 0 Å². The minimum absolute atomic E-state index is 0.331. The van der Waals surface area contributed by atoms with Gasteiger partial charge in [0.15, 0.2) is 0 Å². The molecule has 4 heterocycles. The summed E-state index contributed by atoms with van der Waals surface area (Å²) in [4.78, 5) is 11.8. The second-order valence-corrected chi connectivity index (χ2v) is 7.43. The Labute approximate surface area is 163 Å². The van der Waals surface area contributed by atoms with Gasteiger partial charge in [0.2, 0.25) is 5.78 Å². The van der Waals surface area contributed by atoms with Gasteiger partial charge < -0.3 is 4.52 Å². The first kappa shape index (κ1) is 17.1. The van der Waals surface area contributed by atoms with Crippen LogP contribution in [0.2, 0.25) is 0 Å². The molecule has 0 amide bonds. The summed E-state index contributed by atoms with van der Waals surface area (Å²) in [5, 5.41) is 4.18. The molecule has 6 heteroatoms. The number of likely N-dealkylation sites (tertiary alicyclic amines) is 1. The highest BCUT2D eigenvalue weighted by atomic mass is 16.5. The SMILES string of the molecule is Cc1noc(C)c1[C@H]1CCCN1Cc1c(-c2ccccc2)nc2ncccn12. The summed E-state index contributed by atoms with van der Waals surface area (Å²) < 4.78 is 7.57. The second kappa shape index (κ2) is 6.87. The highest BCUT2D eigenvalue weighted by molar-refractivity contribution is 5.65. The van der Waals surface area contributed by atoms with E-state index in [9.17, 15) is 0 Å². The van der Waals surface area contributed by atoms with Crippen LogP contribution in [-0.2, 0) is 6.54 Å². The second-order valence-electron chi connectivity index (χ2n) is 7.43. The fraction of sp³-hybridized carbons (Fsp3) is 0.318. The van der Waals surface area contributed by atoms with Gasteiger partial charge in [-0.3, -0.25) is 9.30 Å². The maximum absolute atomic E-state index is 5.45. The van der Waals surface area contributed by atoms with E-state index in [0.29, 0.717) is 6.04 Å². The number of hydrogen-bond acceptors (Lipinski definition) is 5. The number of benzene rings is 1. The van der Waals surface area contributed by atoms with Crippen LogP contribution >= 0.6 is 0 Å². The van der Waals surface area contributed by atoms with E-state index in [1.165, 1.54) is 17.7 Å². The molecule has 0 bridgehead atoms. The predicted molar refractivity (Wildman–Crippen MR) is 107 cm³/mol. The lowest BCUT2D eigenvalue weighted by molar-refractivity contribution is 0.242. The van der Waals surface area contributed by atoms with Crippen molar-refractivity contribution in [3.05, 3.63) is 71.5 Å². The summed E-state index contributed by atoms with van der Waals surface area (Å²) in [6.07, 6.45) is 6.14. The van der Waals surface area contributed by atoms with Crippen LogP contribution in [0.4, 0.5) is 0 Å². The molecule has 1 aliphatic rings. The van der Waals surface area contributed by atoms with E-state index in [0.717, 1.165) is 48.0 Å². The lowest BCUT2D eigenvalue weighted by Gasteiger charge is -2.24. The Morgan fingerprint density at radius 3 is 2.79 bits per heavy atom. The molecule has 0 saturated carbocycles. The zero-order valence-corrected chi connectivity index (χ0v) is 16.2. The Morgan fingerprint density at radius 2 is 2.00 bits per heavy atom. The van der Waals surface area contributed by atoms with Gasteiger partial charge in [-0.25, -0.2) is 9.97 Å². The Morgan fingerprint density at radius 1 is 1.14 bits per heavy atom. The van der Waals surface area contributed by atoms with Gasteiger partial charge in [0.05, 0.1) is 17.1 Å². The van der Waals surface area contributed by atoms with Crippen molar-refractivity contribution in [1.29, 1.82) is 0 Å². The molecule has 1 atom stereocenters. The Bertz CT molecular complexity index is 1100. The molecule has 0 radical (unpaired) electrons. The van der Waals surface area contributed by atoms with Gasteiger partial charge in [-0.05, 0) is 39.3 Å². The van der Waals surface area contributed by atoms with Gasteiger partial charge in [-0.2, -0.15) is 0 Å². The lowest BCUT2D eigenvalue weighted by atomic mass is 10.0. The number of rotatable bonds is 4. The zero-order chi connectivity index (χ0) is 19.1. The summed E-state index contributed by atoms with van der Waals surface area (Å²) in [6, 6.07) is 12.7. The molecule has 0 unspecified atom stereocenters. The van der Waals surface area contributed by atoms with Crippen molar-refractivity contribution in [1.82, 2.24) is 24.4 Å². The first-order valence-corrected chi connectivity index (χ1v) is 9.76. The van der Waals surface area contributed by atoms with Crippen molar-refractivity contribution in [2.75, 3.05) is 6.54 Å². The Hall–Kier alpha value is -2.99. The average molecular weight is 373 g/mol. The van der Waals surface area contributed by atoms with Crippen LogP contribution in [0.15, 0.2) is 53.3 Å². The normalized spacial score (nSPS) is 17.6. The van der Waals surface area contributed by atoms with Gasteiger partial charge in [-0.15, -0.1) is 0 Å². The molecule has 5 rings (SSSR count). The fourth-order valence-corrected chi connectivity index (χ4v) is 4.41. The Kier molecular flexibility index (Phi) is 4.20. The number of aryl methyl sites for hydroxylation is 2. The van der Waals surface area contributed by atoms with Crippen molar-refractivity contribution in [2.24, 2.45) is 0 Å². The molecule has 1 fully saturated rings. The molecule has 0 spiro atoms. The van der Waals surface area contributed by atoms with Crippen molar-refractivity contribution in [3.8, 4) is 11.3 Å². The number of fused-ring (bicyclic) bond motifs is 1. The minimum atomic E-state index is 0.331. The topological polar surface area (TPSA) is 59.5 Å². The van der Waals surface area contributed by atoms with Crippen molar-refractivity contribution >= 4 is 5.78 Å². The first-order chi connectivity index (χ1) is 13.7. The van der Waals surface area contributed by atoms with E-state index in [2.05, 4.69) is 49.9 Å². The number of nitrogens with zero attached hydrogens (tertiary/aromatic N) is 5. The van der Waals surface area contributed by atoms with Gasteiger partial charge in [0.25, 0.3) is 0 Å². The van der Waals surface area contributed by atoms with Gasteiger partial charge in [-0.1, -0.05) is 35.5 Å². The van der Waals surface area contributed by atoms with Crippen molar-refractivity contribution in [2.45, 2.75) is 39.3 Å². The fourth-order valence-electron chi connectivity index (χ4n) is 4.41. The van der Waals surface area contributed by atoms with Crippen LogP contribution in [-0.4, -0.2) is 31.0 Å². The minimum Gasteiger partial charge on any atom is -0.361 e. The first-order valence-electron chi connectivity index (χ1n) is 9.76. The summed E-state index contributed by atoms with van der Waals surface area (Å²) in [5.41, 5.74) is 5.54. The van der Waals surface area contributed by atoms with E-state index in [1.54, 1.807) is 6.20 Å². The van der Waals surface area contributed by atoms with Crippen molar-refractivity contribution in [3.63, 3.8) is 0 Å². The third-order valence-electron chi connectivity index (χ3n) is 5.69. The van der Waals surface area contributed by atoms with Gasteiger partial charge >= 0.3 is 0 Å². The summed E-state index contributed by atoms with van der Waals surface area (Å²) >= 11 is 0. The van der Waals surface area contributed by atoms with Gasteiger partial charge in [0.1, 0.15) is 5.76 Å². The third-order valence-corrected chi connectivity index (χ3v) is 5.69. The number of aromatic nitrogens is 4. The van der Waals surface area contributed by atoms with Crippen molar-refractivity contribution < 1.29 is 4.52 Å². The summed E-state index contributed by atoms with van der Waals surface area (Å²) in [5.74, 6) is 1.67. The molecule has 6 nitrogen and oxygen atoms in total. The molecule has 3 aromatic heterocycles. The molecule has 28 heavy (non-hydrogen) atoms. The molecular weight excluding hydrogens is 350 g/mol. The molecule has 142 valence electrons. The van der Waals surface area contributed by atoms with Crippen LogP contribution in [0.5, 0.6) is 0 Å². The lowest BCUT2D eigenvalue weighted by Crippen LogP contribution is -2.24. The molecular formula is C22H23N5O. The van der Waals surface area contributed by atoms with Gasteiger partial charge in [0, 0.05) is 36.1 Å². The molecule has 1 saturated heterocycles. The van der Waals surface area contributed by atoms with E-state index in [-0.39, 0.29) is 0 Å². The average Bonchev–Trinajstić information content (AvgIpc) is 3.41. The Balaban J connectivity index is 1.58. The van der Waals surface area contributed by atoms with Crippen LogP contribution in [0.1, 0.15) is 41.6 Å². The van der Waals surface area contributed by atoms with E-state index in [4.69, 9.17) is 9.51 Å². The quantitative estimate of drug-likeness (QED) is 0.533. The van der Waals surface area contributed by atoms with E-state index >= 15 is 0 Å². The maximum atomic E-state index is 5.45. The number of hydrogen-bond donors (Lipinski definition) is 0. The zero-order valence-electron chi connectivity index (χ0n) is 16.2. The summed E-state index contributed by atoms with van der Waals surface area (Å²) in [6.45, 7) is 5.91. The third kappa shape index (κ3) is 2.81. The van der Waals surface area contributed by atoms with Crippen LogP contribution in [0, 0.1) is 13.8 Å². The molecule has 0 aliphatic carbocycles. The highest BCUT2D eigenvalue weighted by Gasteiger charge is 2.32. The smallest absolute Gasteiger partial charge is 0.234 e. The summed E-state index contributed by atoms with van der Waals surface area (Å²) in [7, 11) is 0. The standard InChI is InChI=1S/C22H23N5O/c1-15-20(16(2)28-25-15)18-10-6-12-26(18)14-19-21(17-8-4-3-5-9-17)24-22-23-11-7-13-27(19)22/h3-5,7-9,11,13,18H,6,10,12,14H2,1-2H3/t18-/m1/s1. The van der Waals surface area contributed by atoms with Crippen LogP contribution in [0.25, 0.3) is 17.0 Å². The maximum Gasteiger partial charge on any atom is 0.234 e. The number of imidazole rings is 1. The molecule has 1 aliphatic heterocycles. The van der Waals surface area contributed by atoms with Crippen LogP contribution in [0.3, 0.4) is 0 Å². The highest BCUT2D eigenvalue weighted by Crippen LogP contribution is 2.37. The monoisotopic (exact) mass is 373 g/mol. The largest absolute Gasteiger partial charge is 0.361 e. The van der Waals surface area contributed by atoms with E-state index < -0.39 is 0 Å². The van der Waals surface area contributed by atoms with E-state index in [1.807, 2.05) is 26.0 Å².